The van der Waals surface area contributed by atoms with E-state index >= 15 is 0 Å². The van der Waals surface area contributed by atoms with E-state index in [0.29, 0.717) is 18.0 Å². The van der Waals surface area contributed by atoms with Crippen LogP contribution >= 0.6 is 0 Å². The van der Waals surface area contributed by atoms with E-state index in [9.17, 15) is 4.79 Å². The maximum absolute atomic E-state index is 12.5. The lowest BCUT2D eigenvalue weighted by Gasteiger charge is -2.40. The Hall–Kier alpha value is -2.66. The smallest absolute Gasteiger partial charge is 0.414 e. The molecule has 2 fully saturated rings. The number of aliphatic carboxylic acids is 2. The lowest BCUT2D eigenvalue weighted by atomic mass is 10.2. The number of carboxylic acid groups (broad SMARTS) is 2. The van der Waals surface area contributed by atoms with Crippen molar-refractivity contribution < 1.29 is 38.6 Å². The molecule has 0 spiro atoms. The number of fused-ring (bicyclic) bond motifs is 2. The van der Waals surface area contributed by atoms with Crippen molar-refractivity contribution in [3.63, 3.8) is 0 Å². The molecule has 3 rings (SSSR count). The van der Waals surface area contributed by atoms with Gasteiger partial charge >= 0.3 is 11.9 Å². The molecule has 0 aromatic carbocycles. The van der Waals surface area contributed by atoms with Crippen molar-refractivity contribution >= 4 is 17.8 Å². The zero-order valence-corrected chi connectivity index (χ0v) is 15.2. The summed E-state index contributed by atoms with van der Waals surface area (Å²) in [4.78, 5) is 35.0. The lowest BCUT2D eigenvalue weighted by molar-refractivity contribution is -0.159. The third kappa shape index (κ3) is 5.17. The highest BCUT2D eigenvalue weighted by Crippen LogP contribution is 2.30. The second-order valence-corrected chi connectivity index (χ2v) is 6.17. The Kier molecular flexibility index (Phi) is 7.13. The highest BCUT2D eigenvalue weighted by atomic mass is 16.5. The Labute approximate surface area is 155 Å². The average Bonchev–Trinajstić information content (AvgIpc) is 3.21. The number of methoxy groups -OCH3 is 2. The molecule has 2 atom stereocenters. The summed E-state index contributed by atoms with van der Waals surface area (Å²) in [5, 5.41) is 18.5. The van der Waals surface area contributed by atoms with E-state index in [2.05, 4.69) is 10.1 Å². The van der Waals surface area contributed by atoms with E-state index in [1.807, 2.05) is 4.90 Å². The molecule has 2 saturated heterocycles. The monoisotopic (exact) mass is 385 g/mol. The maximum Gasteiger partial charge on any atom is 0.414 e. The summed E-state index contributed by atoms with van der Waals surface area (Å²) in [5.74, 6) is -3.17. The van der Waals surface area contributed by atoms with Gasteiger partial charge in [0.05, 0.1) is 19.8 Å². The Morgan fingerprint density at radius 1 is 1.19 bits per heavy atom. The van der Waals surface area contributed by atoms with Crippen molar-refractivity contribution in [1.29, 1.82) is 0 Å². The van der Waals surface area contributed by atoms with Crippen LogP contribution in [0.25, 0.3) is 0 Å². The molecule has 0 saturated carbocycles. The molecule has 0 aliphatic carbocycles. The van der Waals surface area contributed by atoms with Gasteiger partial charge in [-0.3, -0.25) is 9.69 Å². The van der Waals surface area contributed by atoms with Gasteiger partial charge in [0, 0.05) is 38.8 Å². The van der Waals surface area contributed by atoms with Crippen molar-refractivity contribution in [3.05, 3.63) is 11.8 Å². The topological polar surface area (TPSA) is 143 Å². The number of aromatic nitrogens is 1. The average molecular weight is 385 g/mol. The van der Waals surface area contributed by atoms with Crippen LogP contribution in [0, 0.1) is 0 Å². The van der Waals surface area contributed by atoms with Gasteiger partial charge < -0.3 is 29.1 Å². The summed E-state index contributed by atoms with van der Waals surface area (Å²) in [6, 6.07) is 2.39. The van der Waals surface area contributed by atoms with Crippen LogP contribution < -0.4 is 4.74 Å². The Bertz CT molecular complexity index is 650. The van der Waals surface area contributed by atoms with Gasteiger partial charge in [0.15, 0.2) is 0 Å². The number of nitrogens with zero attached hydrogens (tertiary/aromatic N) is 3. The summed E-state index contributed by atoms with van der Waals surface area (Å²) >= 11 is 0. The first-order chi connectivity index (χ1) is 12.9. The minimum Gasteiger partial charge on any atom is -0.479 e. The molecule has 27 heavy (non-hydrogen) atoms. The number of hydrogen-bond acceptors (Lipinski definition) is 8. The molecule has 2 aliphatic rings. The number of rotatable bonds is 5. The van der Waals surface area contributed by atoms with Gasteiger partial charge in [-0.2, -0.15) is 0 Å². The van der Waals surface area contributed by atoms with Crippen LogP contribution in [-0.2, 0) is 14.3 Å². The minimum absolute atomic E-state index is 0.103. The highest BCUT2D eigenvalue weighted by molar-refractivity contribution is 6.27. The number of ether oxygens (including phenoxy) is 2. The molecule has 2 bridgehead atoms. The number of piperazine rings is 1. The fraction of sp³-hybridized carbons (Fsp3) is 0.625. The van der Waals surface area contributed by atoms with Crippen LogP contribution in [0.5, 0.6) is 5.88 Å². The molecule has 1 aromatic heterocycles. The number of carbonyl (C=O) groups excluding carboxylic acids is 1. The number of carboxylic acids is 2. The number of likely N-dealkylation sites (tertiary alicyclic amines) is 1. The predicted octanol–water partition coefficient (Wildman–Crippen LogP) is -0.226. The second kappa shape index (κ2) is 9.33. The predicted molar refractivity (Wildman–Crippen MR) is 89.6 cm³/mol. The van der Waals surface area contributed by atoms with Crippen LogP contribution in [0.2, 0.25) is 0 Å². The van der Waals surface area contributed by atoms with Crippen LogP contribution in [0.4, 0.5) is 0 Å². The van der Waals surface area contributed by atoms with Crippen LogP contribution in [-0.4, -0.2) is 95.6 Å². The van der Waals surface area contributed by atoms with Crippen molar-refractivity contribution in [2.24, 2.45) is 0 Å². The molecular formula is C16H23N3O8. The largest absolute Gasteiger partial charge is 0.479 e. The first-order valence-electron chi connectivity index (χ1n) is 8.38. The first kappa shape index (κ1) is 20.6. The van der Waals surface area contributed by atoms with E-state index in [1.54, 1.807) is 13.2 Å². The molecule has 2 aliphatic heterocycles. The maximum atomic E-state index is 12.5. The summed E-state index contributed by atoms with van der Waals surface area (Å²) in [6.45, 7) is 3.15. The third-order valence-electron chi connectivity index (χ3n) is 4.57. The Balaban J connectivity index is 0.000000380. The van der Waals surface area contributed by atoms with Crippen molar-refractivity contribution in [3.8, 4) is 5.88 Å². The second-order valence-electron chi connectivity index (χ2n) is 6.17. The van der Waals surface area contributed by atoms with Gasteiger partial charge in [0.1, 0.15) is 0 Å². The Morgan fingerprint density at radius 2 is 1.78 bits per heavy atom. The van der Waals surface area contributed by atoms with Crippen LogP contribution in [0.3, 0.4) is 0 Å². The molecule has 2 unspecified atom stereocenters. The van der Waals surface area contributed by atoms with Crippen molar-refractivity contribution in [1.82, 2.24) is 15.0 Å². The molecule has 0 radical (unpaired) electrons. The van der Waals surface area contributed by atoms with Crippen molar-refractivity contribution in [2.45, 2.75) is 24.9 Å². The van der Waals surface area contributed by atoms with Gasteiger partial charge in [0.25, 0.3) is 11.8 Å². The molecule has 3 heterocycles. The summed E-state index contributed by atoms with van der Waals surface area (Å²) < 4.78 is 15.2. The molecule has 1 amide bonds. The summed E-state index contributed by atoms with van der Waals surface area (Å²) in [6.07, 6.45) is 2.27. The lowest BCUT2D eigenvalue weighted by Crippen LogP contribution is -2.55. The SMILES string of the molecule is COCCN1C2CCC1CN(C(=O)c1cc(OC)no1)C2.O=C(O)C(=O)O. The molecule has 2 N–H and O–H groups in total. The minimum atomic E-state index is -1.82. The first-order valence-corrected chi connectivity index (χ1v) is 8.38. The molecule has 150 valence electrons. The van der Waals surface area contributed by atoms with E-state index in [-0.39, 0.29) is 11.7 Å². The third-order valence-corrected chi connectivity index (χ3v) is 4.57. The van der Waals surface area contributed by atoms with Crippen LogP contribution in [0.1, 0.15) is 23.4 Å². The quantitative estimate of drug-likeness (QED) is 0.653. The summed E-state index contributed by atoms with van der Waals surface area (Å²) in [7, 11) is 3.22. The highest BCUT2D eigenvalue weighted by Gasteiger charge is 2.41. The molecule has 11 heteroatoms. The van der Waals surface area contributed by atoms with Gasteiger partial charge in [-0.25, -0.2) is 9.59 Å². The fourth-order valence-corrected chi connectivity index (χ4v) is 3.33. The van der Waals surface area contributed by atoms with E-state index in [4.69, 9.17) is 33.8 Å². The zero-order chi connectivity index (χ0) is 20.0. The number of amides is 1. The van der Waals surface area contributed by atoms with E-state index in [0.717, 1.165) is 39.1 Å². The molecule has 11 nitrogen and oxygen atoms in total. The fourth-order valence-electron chi connectivity index (χ4n) is 3.33. The number of carbonyl (C=O) groups is 3. The Morgan fingerprint density at radius 3 is 2.22 bits per heavy atom. The standard InChI is InChI=1S/C14H21N3O4.C2H2O4/c1-19-6-5-17-10-3-4-11(17)9-16(8-10)14(18)12-7-13(20-2)15-21-12;3-1(4)2(5)6/h7,10-11H,3-6,8-9H2,1-2H3;(H,3,4)(H,5,6). The van der Waals surface area contributed by atoms with Gasteiger partial charge in [0.2, 0.25) is 5.76 Å². The van der Waals surface area contributed by atoms with E-state index < -0.39 is 11.9 Å². The van der Waals surface area contributed by atoms with Crippen LogP contribution in [0.15, 0.2) is 10.6 Å². The molecular weight excluding hydrogens is 362 g/mol. The van der Waals surface area contributed by atoms with Gasteiger partial charge in [-0.1, -0.05) is 0 Å². The zero-order valence-electron chi connectivity index (χ0n) is 15.2. The summed E-state index contributed by atoms with van der Waals surface area (Å²) in [5.41, 5.74) is 0. The van der Waals surface area contributed by atoms with Gasteiger partial charge in [-0.05, 0) is 18.0 Å². The number of hydrogen-bond donors (Lipinski definition) is 2. The normalized spacial score (nSPS) is 21.3. The van der Waals surface area contributed by atoms with Gasteiger partial charge in [-0.15, -0.1) is 0 Å². The van der Waals surface area contributed by atoms with Crippen molar-refractivity contribution in [2.75, 3.05) is 40.5 Å². The van der Waals surface area contributed by atoms with E-state index in [1.165, 1.54) is 7.11 Å². The molecule has 1 aromatic rings.